The number of nitrogens with zero attached hydrogens (tertiary/aromatic N) is 1. The van der Waals surface area contributed by atoms with E-state index < -0.39 is 10.8 Å². The van der Waals surface area contributed by atoms with E-state index in [4.69, 9.17) is 33.3 Å². The zero-order valence-electron chi connectivity index (χ0n) is 13.5. The lowest BCUT2D eigenvalue weighted by atomic mass is 10.2. The molecule has 0 radical (unpaired) electrons. The number of benzene rings is 2. The normalized spacial score (nSPS) is 9.92. The molecule has 8 nitrogen and oxygen atoms in total. The molecule has 0 atom stereocenters. The van der Waals surface area contributed by atoms with Gasteiger partial charge in [0.15, 0.2) is 11.7 Å². The number of thiocarbonyl (C=S) groups is 1. The van der Waals surface area contributed by atoms with Crippen LogP contribution in [-0.2, 0) is 4.79 Å². The third kappa shape index (κ3) is 5.57. The van der Waals surface area contributed by atoms with Crippen molar-refractivity contribution in [1.29, 1.82) is 0 Å². The van der Waals surface area contributed by atoms with Crippen LogP contribution in [0.2, 0.25) is 5.02 Å². The number of nitrogens with one attached hydrogen (secondary N) is 2. The molecule has 2 N–H and O–H groups in total. The first-order valence-electron chi connectivity index (χ1n) is 7.20. The van der Waals surface area contributed by atoms with Gasteiger partial charge >= 0.3 is 0 Å². The third-order valence-corrected chi connectivity index (χ3v) is 3.53. The molecule has 0 aliphatic carbocycles. The number of amides is 1. The third-order valence-electron chi connectivity index (χ3n) is 3.08. The van der Waals surface area contributed by atoms with Crippen LogP contribution >= 0.6 is 23.8 Å². The first-order chi connectivity index (χ1) is 12.4. The van der Waals surface area contributed by atoms with Gasteiger partial charge in [-0.25, -0.2) is 0 Å². The molecule has 2 rings (SSSR count). The minimum atomic E-state index is -0.549. The van der Waals surface area contributed by atoms with Gasteiger partial charge in [-0.1, -0.05) is 11.6 Å². The summed E-state index contributed by atoms with van der Waals surface area (Å²) in [5.74, 6) is 0.315. The molecule has 0 aliphatic rings. The summed E-state index contributed by atoms with van der Waals surface area (Å²) >= 11 is 10.8. The van der Waals surface area contributed by atoms with Crippen LogP contribution in [0.1, 0.15) is 0 Å². The molecule has 0 heterocycles. The second-order valence-corrected chi connectivity index (χ2v) is 5.73. The Balaban J connectivity index is 1.93. The number of non-ortho nitro benzene ring substituents is 1. The molecule has 0 fully saturated rings. The second kappa shape index (κ2) is 8.97. The number of carbonyl (C=O) groups is 1. The van der Waals surface area contributed by atoms with Gasteiger partial charge in [-0.2, -0.15) is 0 Å². The largest absolute Gasteiger partial charge is 0.495 e. The zero-order chi connectivity index (χ0) is 19.1. The van der Waals surface area contributed by atoms with E-state index in [1.54, 1.807) is 24.3 Å². The zero-order valence-corrected chi connectivity index (χ0v) is 15.1. The lowest BCUT2D eigenvalue weighted by Crippen LogP contribution is -2.37. The SMILES string of the molecule is COc1ccc([N+](=O)[O-])cc1NC(=S)NC(=O)COc1ccc(Cl)cc1. The Morgan fingerprint density at radius 1 is 1.27 bits per heavy atom. The van der Waals surface area contributed by atoms with Crippen LogP contribution in [0.4, 0.5) is 11.4 Å². The van der Waals surface area contributed by atoms with E-state index >= 15 is 0 Å². The molecule has 2 aromatic rings. The summed E-state index contributed by atoms with van der Waals surface area (Å²) in [5, 5.41) is 16.5. The van der Waals surface area contributed by atoms with Crippen LogP contribution in [-0.4, -0.2) is 29.7 Å². The molecule has 0 spiro atoms. The molecular weight excluding hydrogens is 382 g/mol. The summed E-state index contributed by atoms with van der Waals surface area (Å²) in [7, 11) is 1.41. The molecule has 136 valence electrons. The Kier molecular flexibility index (Phi) is 6.70. The van der Waals surface area contributed by atoms with Gasteiger partial charge in [0.2, 0.25) is 0 Å². The number of carbonyl (C=O) groups excluding carboxylic acids is 1. The van der Waals surface area contributed by atoms with E-state index in [1.165, 1.54) is 25.3 Å². The van der Waals surface area contributed by atoms with Crippen molar-refractivity contribution in [3.05, 3.63) is 57.6 Å². The molecule has 26 heavy (non-hydrogen) atoms. The first-order valence-corrected chi connectivity index (χ1v) is 7.99. The number of methoxy groups -OCH3 is 1. The Morgan fingerprint density at radius 3 is 2.58 bits per heavy atom. The Bertz CT molecular complexity index is 829. The first kappa shape index (κ1) is 19.4. The fraction of sp³-hybridized carbons (Fsp3) is 0.125. The molecule has 0 saturated carbocycles. The molecule has 0 saturated heterocycles. The topological polar surface area (TPSA) is 103 Å². The van der Waals surface area contributed by atoms with Crippen molar-refractivity contribution in [1.82, 2.24) is 5.32 Å². The smallest absolute Gasteiger partial charge is 0.271 e. The lowest BCUT2D eigenvalue weighted by Gasteiger charge is -2.13. The van der Waals surface area contributed by atoms with Crippen molar-refractivity contribution in [3.63, 3.8) is 0 Å². The van der Waals surface area contributed by atoms with Crippen LogP contribution < -0.4 is 20.1 Å². The summed E-state index contributed by atoms with van der Waals surface area (Å²) in [5.41, 5.74) is 0.110. The number of halogens is 1. The maximum Gasteiger partial charge on any atom is 0.271 e. The molecule has 0 unspecified atom stereocenters. The average Bonchev–Trinajstić information content (AvgIpc) is 2.61. The van der Waals surface area contributed by atoms with Crippen LogP contribution in [0, 0.1) is 10.1 Å². The molecule has 0 aromatic heterocycles. The number of hydrogen-bond donors (Lipinski definition) is 2. The van der Waals surface area contributed by atoms with Crippen LogP contribution in [0.25, 0.3) is 0 Å². The highest BCUT2D eigenvalue weighted by Gasteiger charge is 2.13. The van der Waals surface area contributed by atoms with Gasteiger partial charge in [-0.05, 0) is 42.5 Å². The van der Waals surface area contributed by atoms with E-state index in [2.05, 4.69) is 10.6 Å². The van der Waals surface area contributed by atoms with Gasteiger partial charge < -0.3 is 14.8 Å². The summed E-state index contributed by atoms with van der Waals surface area (Å²) in [4.78, 5) is 22.2. The number of ether oxygens (including phenoxy) is 2. The van der Waals surface area contributed by atoms with Crippen molar-refractivity contribution in [2.45, 2.75) is 0 Å². The lowest BCUT2D eigenvalue weighted by molar-refractivity contribution is -0.384. The van der Waals surface area contributed by atoms with Crippen LogP contribution in [0.5, 0.6) is 11.5 Å². The summed E-state index contributed by atoms with van der Waals surface area (Å²) in [6.45, 7) is -0.268. The Hall–Kier alpha value is -2.91. The molecule has 10 heteroatoms. The van der Waals surface area contributed by atoms with Crippen molar-refractivity contribution in [2.24, 2.45) is 0 Å². The van der Waals surface area contributed by atoms with E-state index in [0.717, 1.165) is 0 Å². The average molecular weight is 396 g/mol. The van der Waals surface area contributed by atoms with E-state index in [9.17, 15) is 14.9 Å². The number of rotatable bonds is 6. The minimum Gasteiger partial charge on any atom is -0.495 e. The van der Waals surface area contributed by atoms with Gasteiger partial charge in [0.05, 0.1) is 17.7 Å². The highest BCUT2D eigenvalue weighted by atomic mass is 35.5. The molecule has 1 amide bonds. The van der Waals surface area contributed by atoms with Gasteiger partial charge in [0, 0.05) is 17.2 Å². The second-order valence-electron chi connectivity index (χ2n) is 4.89. The van der Waals surface area contributed by atoms with Gasteiger partial charge in [0.1, 0.15) is 11.5 Å². The minimum absolute atomic E-state index is 0.0477. The van der Waals surface area contributed by atoms with Crippen molar-refractivity contribution < 1.29 is 19.2 Å². The van der Waals surface area contributed by atoms with Gasteiger partial charge in [-0.15, -0.1) is 0 Å². The number of nitro benzene ring substituents is 1. The quantitative estimate of drug-likeness (QED) is 0.440. The maximum atomic E-state index is 11.9. The maximum absolute atomic E-state index is 11.9. The van der Waals surface area contributed by atoms with Crippen LogP contribution in [0.15, 0.2) is 42.5 Å². The highest BCUT2D eigenvalue weighted by molar-refractivity contribution is 7.80. The van der Waals surface area contributed by atoms with Gasteiger partial charge in [-0.3, -0.25) is 20.2 Å². The van der Waals surface area contributed by atoms with Crippen molar-refractivity contribution in [3.8, 4) is 11.5 Å². The van der Waals surface area contributed by atoms with E-state index in [0.29, 0.717) is 16.5 Å². The summed E-state index contributed by atoms with van der Waals surface area (Å²) in [6, 6.07) is 10.5. The Morgan fingerprint density at radius 2 is 1.96 bits per heavy atom. The predicted molar refractivity (Wildman–Crippen MR) is 101 cm³/mol. The predicted octanol–water partition coefficient (Wildman–Crippen LogP) is 3.15. The molecule has 0 aliphatic heterocycles. The van der Waals surface area contributed by atoms with Crippen LogP contribution in [0.3, 0.4) is 0 Å². The number of anilines is 1. The molecule has 2 aromatic carbocycles. The molecular formula is C16H14ClN3O5S. The summed E-state index contributed by atoms with van der Waals surface area (Å²) in [6.07, 6.45) is 0. The highest BCUT2D eigenvalue weighted by Crippen LogP contribution is 2.28. The van der Waals surface area contributed by atoms with Crippen molar-refractivity contribution in [2.75, 3.05) is 19.0 Å². The Labute approximate surface area is 159 Å². The fourth-order valence-corrected chi connectivity index (χ4v) is 2.25. The van der Waals surface area contributed by atoms with Crippen molar-refractivity contribution >= 4 is 46.2 Å². The fourth-order valence-electron chi connectivity index (χ4n) is 1.90. The van der Waals surface area contributed by atoms with E-state index in [1.807, 2.05) is 0 Å². The van der Waals surface area contributed by atoms with E-state index in [-0.39, 0.29) is 23.1 Å². The summed E-state index contributed by atoms with van der Waals surface area (Å²) < 4.78 is 10.4. The number of hydrogen-bond acceptors (Lipinski definition) is 6. The number of nitro groups is 1. The monoisotopic (exact) mass is 395 g/mol. The molecule has 0 bridgehead atoms. The standard InChI is InChI=1S/C16H14ClN3O5S/c1-24-14-7-4-11(20(22)23)8-13(14)18-16(26)19-15(21)9-25-12-5-2-10(17)3-6-12/h2-8H,9H2,1H3,(H2,18,19,21,26). The van der Waals surface area contributed by atoms with Gasteiger partial charge in [0.25, 0.3) is 11.6 Å².